The summed E-state index contributed by atoms with van der Waals surface area (Å²) in [5.74, 6) is 7.55. The summed E-state index contributed by atoms with van der Waals surface area (Å²) in [5.41, 5.74) is 7.28. The molecule has 7 nitrogen and oxygen atoms in total. The number of allylic oxidation sites excluding steroid dienone is 1. The number of hydrogen-bond donors (Lipinski definition) is 4. The molecule has 1 aliphatic carbocycles. The molecule has 0 bridgehead atoms. The lowest BCUT2D eigenvalue weighted by atomic mass is 9.85. The van der Waals surface area contributed by atoms with Crippen LogP contribution in [0, 0.1) is 17.3 Å². The van der Waals surface area contributed by atoms with Crippen molar-refractivity contribution in [2.75, 3.05) is 33.2 Å². The molecule has 182 valence electrons. The first-order valence-corrected chi connectivity index (χ1v) is 12.1. The number of carbonyl (C=O) groups is 1. The predicted molar refractivity (Wildman–Crippen MR) is 133 cm³/mol. The summed E-state index contributed by atoms with van der Waals surface area (Å²) < 4.78 is 0. The number of nitrogens with one attached hydrogen (secondary N) is 2. The standard InChI is InChI=1S/C25H46N6O/c1-18(25(3,4)5)22(26)23(30(6)27)24(32)29-19(2)31(16-20-10-8-7-9-11-20)17-21-12-14-28-15-13-21/h20-21,28H,1-2,7-17,26-27H2,3-6H3,(H,29,32)/b23-22+. The molecule has 0 atom stereocenters. The van der Waals surface area contributed by atoms with Crippen LogP contribution >= 0.6 is 0 Å². The Balaban J connectivity index is 2.17. The van der Waals surface area contributed by atoms with Crippen molar-refractivity contribution in [3.05, 3.63) is 35.9 Å². The Morgan fingerprint density at radius 2 is 1.56 bits per heavy atom. The first kappa shape index (κ1) is 26.3. The third kappa shape index (κ3) is 7.55. The van der Waals surface area contributed by atoms with Crippen LogP contribution in [0.2, 0.25) is 0 Å². The van der Waals surface area contributed by atoms with Gasteiger partial charge in [0.1, 0.15) is 11.5 Å². The van der Waals surface area contributed by atoms with Gasteiger partial charge in [-0.15, -0.1) is 0 Å². The second-order valence-electron chi connectivity index (χ2n) is 10.6. The third-order valence-corrected chi connectivity index (χ3v) is 6.83. The highest BCUT2D eigenvalue weighted by atomic mass is 16.2. The zero-order valence-electron chi connectivity index (χ0n) is 20.8. The Morgan fingerprint density at radius 3 is 2.06 bits per heavy atom. The van der Waals surface area contributed by atoms with Gasteiger partial charge in [0, 0.05) is 20.1 Å². The lowest BCUT2D eigenvalue weighted by Gasteiger charge is -2.36. The summed E-state index contributed by atoms with van der Waals surface area (Å²) in [7, 11) is 1.62. The van der Waals surface area contributed by atoms with Crippen molar-refractivity contribution < 1.29 is 4.79 Å². The normalized spacial score (nSPS) is 19.2. The number of nitrogens with two attached hydrogens (primary N) is 2. The van der Waals surface area contributed by atoms with Crippen LogP contribution in [0.25, 0.3) is 0 Å². The first-order valence-electron chi connectivity index (χ1n) is 12.1. The highest BCUT2D eigenvalue weighted by molar-refractivity contribution is 5.95. The zero-order valence-corrected chi connectivity index (χ0v) is 20.8. The lowest BCUT2D eigenvalue weighted by Crippen LogP contribution is -2.45. The average molecular weight is 447 g/mol. The van der Waals surface area contributed by atoms with Gasteiger partial charge < -0.3 is 26.3 Å². The van der Waals surface area contributed by atoms with E-state index in [4.69, 9.17) is 11.6 Å². The van der Waals surface area contributed by atoms with Crippen molar-refractivity contribution in [2.45, 2.75) is 65.7 Å². The van der Waals surface area contributed by atoms with Gasteiger partial charge in [0.15, 0.2) is 0 Å². The van der Waals surface area contributed by atoms with E-state index >= 15 is 0 Å². The van der Waals surface area contributed by atoms with Gasteiger partial charge in [-0.1, -0.05) is 53.2 Å². The van der Waals surface area contributed by atoms with Crippen molar-refractivity contribution in [1.29, 1.82) is 0 Å². The molecule has 1 amide bonds. The molecule has 0 spiro atoms. The Kier molecular flexibility index (Phi) is 9.64. The summed E-state index contributed by atoms with van der Waals surface area (Å²) in [6, 6.07) is 0. The van der Waals surface area contributed by atoms with Gasteiger partial charge in [0.25, 0.3) is 5.91 Å². The predicted octanol–water partition coefficient (Wildman–Crippen LogP) is 3.03. The first-order chi connectivity index (χ1) is 15.0. The topological polar surface area (TPSA) is 99.7 Å². The number of likely N-dealkylation sites (N-methyl/N-ethyl adjacent to an activating group) is 1. The Labute approximate surface area is 195 Å². The molecule has 6 N–H and O–H groups in total. The molecule has 0 aromatic carbocycles. The summed E-state index contributed by atoms with van der Waals surface area (Å²) in [6.45, 7) is 18.3. The molecular weight excluding hydrogens is 400 g/mol. The molecule has 1 heterocycles. The minimum atomic E-state index is -0.346. The fourth-order valence-corrected chi connectivity index (χ4v) is 4.64. The minimum Gasteiger partial charge on any atom is -0.397 e. The van der Waals surface area contributed by atoms with E-state index in [1.807, 2.05) is 20.8 Å². The van der Waals surface area contributed by atoms with Gasteiger partial charge in [-0.3, -0.25) is 4.79 Å². The van der Waals surface area contributed by atoms with E-state index in [0.717, 1.165) is 39.0 Å². The fraction of sp³-hybridized carbons (Fsp3) is 0.720. The molecule has 0 aromatic rings. The molecule has 0 radical (unpaired) electrons. The number of rotatable bonds is 9. The molecular formula is C25H46N6O. The molecule has 0 unspecified atom stereocenters. The van der Waals surface area contributed by atoms with Gasteiger partial charge in [0.05, 0.1) is 5.70 Å². The molecule has 0 aromatic heterocycles. The second-order valence-corrected chi connectivity index (χ2v) is 10.6. The van der Waals surface area contributed by atoms with E-state index in [0.29, 0.717) is 28.9 Å². The maximum Gasteiger partial charge on any atom is 0.276 e. The van der Waals surface area contributed by atoms with E-state index in [-0.39, 0.29) is 17.0 Å². The second kappa shape index (κ2) is 11.8. The number of amides is 1. The third-order valence-electron chi connectivity index (χ3n) is 6.83. The Hall–Kier alpha value is -1.99. The molecule has 7 heteroatoms. The van der Waals surface area contributed by atoms with Crippen LogP contribution in [0.4, 0.5) is 0 Å². The van der Waals surface area contributed by atoms with Crippen LogP contribution in [0.3, 0.4) is 0 Å². The quantitative estimate of drug-likeness (QED) is 0.188. The Bertz CT molecular complexity index is 674. The van der Waals surface area contributed by atoms with E-state index in [1.165, 1.54) is 37.1 Å². The highest BCUT2D eigenvalue weighted by Gasteiger charge is 2.27. The van der Waals surface area contributed by atoms with Crippen LogP contribution in [0.5, 0.6) is 0 Å². The zero-order chi connectivity index (χ0) is 23.9. The maximum atomic E-state index is 13.2. The number of hydrogen-bond acceptors (Lipinski definition) is 6. The van der Waals surface area contributed by atoms with Gasteiger partial charge in [-0.2, -0.15) is 0 Å². The van der Waals surface area contributed by atoms with Crippen LogP contribution in [0.1, 0.15) is 65.7 Å². The van der Waals surface area contributed by atoms with Crippen LogP contribution in [-0.4, -0.2) is 49.0 Å². The van der Waals surface area contributed by atoms with E-state index in [1.54, 1.807) is 7.05 Å². The lowest BCUT2D eigenvalue weighted by molar-refractivity contribution is -0.118. The van der Waals surface area contributed by atoms with E-state index in [2.05, 4.69) is 28.7 Å². The summed E-state index contributed by atoms with van der Waals surface area (Å²) in [6.07, 6.45) is 8.71. The molecule has 2 fully saturated rings. The summed E-state index contributed by atoms with van der Waals surface area (Å²) >= 11 is 0. The number of carbonyl (C=O) groups excluding carboxylic acids is 1. The van der Waals surface area contributed by atoms with Gasteiger partial charge in [-0.25, -0.2) is 5.84 Å². The van der Waals surface area contributed by atoms with Crippen LogP contribution in [-0.2, 0) is 4.79 Å². The van der Waals surface area contributed by atoms with Crippen LogP contribution in [0.15, 0.2) is 35.9 Å². The Morgan fingerprint density at radius 1 is 1.03 bits per heavy atom. The van der Waals surface area contributed by atoms with Crippen molar-refractivity contribution >= 4 is 5.91 Å². The maximum absolute atomic E-state index is 13.2. The minimum absolute atomic E-state index is 0.213. The molecule has 2 rings (SSSR count). The summed E-state index contributed by atoms with van der Waals surface area (Å²) in [5, 5.41) is 7.71. The van der Waals surface area contributed by atoms with Gasteiger partial charge in [0.2, 0.25) is 0 Å². The van der Waals surface area contributed by atoms with Crippen molar-refractivity contribution in [2.24, 2.45) is 28.8 Å². The smallest absolute Gasteiger partial charge is 0.276 e. The summed E-state index contributed by atoms with van der Waals surface area (Å²) in [4.78, 5) is 15.5. The highest BCUT2D eigenvalue weighted by Crippen LogP contribution is 2.29. The van der Waals surface area contributed by atoms with Crippen molar-refractivity contribution in [1.82, 2.24) is 20.5 Å². The number of nitrogens with zero attached hydrogens (tertiary/aromatic N) is 2. The van der Waals surface area contributed by atoms with E-state index in [9.17, 15) is 4.79 Å². The average Bonchev–Trinajstić information content (AvgIpc) is 2.73. The number of hydrazine groups is 1. The molecule has 1 saturated carbocycles. The van der Waals surface area contributed by atoms with Crippen molar-refractivity contribution in [3.63, 3.8) is 0 Å². The van der Waals surface area contributed by atoms with Gasteiger partial charge >= 0.3 is 0 Å². The van der Waals surface area contributed by atoms with Gasteiger partial charge in [-0.05, 0) is 61.6 Å². The number of piperidine rings is 1. The molecule has 1 aliphatic heterocycles. The van der Waals surface area contributed by atoms with E-state index < -0.39 is 0 Å². The molecule has 32 heavy (non-hydrogen) atoms. The fourth-order valence-electron chi connectivity index (χ4n) is 4.64. The largest absolute Gasteiger partial charge is 0.397 e. The monoisotopic (exact) mass is 446 g/mol. The SMILES string of the molecule is C=C(NC(=O)/C(=C(\N)C(=C)C(C)(C)C)N(C)N)N(CC1CCCCC1)CC1CCNCC1. The van der Waals surface area contributed by atoms with Crippen LogP contribution < -0.4 is 22.2 Å². The molecule has 2 aliphatic rings. The van der Waals surface area contributed by atoms with Crippen molar-refractivity contribution in [3.8, 4) is 0 Å². The molecule has 1 saturated heterocycles.